The summed E-state index contributed by atoms with van der Waals surface area (Å²) in [6.45, 7) is 7.71. The van der Waals surface area contributed by atoms with Crippen LogP contribution in [-0.4, -0.2) is 45.8 Å². The normalized spacial score (nSPS) is 12.4. The fourth-order valence-electron chi connectivity index (χ4n) is 4.97. The summed E-state index contributed by atoms with van der Waals surface area (Å²) in [4.78, 5) is 15.0. The second-order valence-electron chi connectivity index (χ2n) is 11.0. The van der Waals surface area contributed by atoms with E-state index in [1.54, 1.807) is 41.3 Å². The number of rotatable bonds is 11. The molecule has 0 aliphatic heterocycles. The fraction of sp³-hybridized carbons (Fsp3) is 0.355. The number of aromatic nitrogens is 4. The first-order valence-corrected chi connectivity index (χ1v) is 13.7. The van der Waals surface area contributed by atoms with Gasteiger partial charge < -0.3 is 10.2 Å². The van der Waals surface area contributed by atoms with Gasteiger partial charge >= 0.3 is 6.18 Å². The molecule has 222 valence electrons. The maximum absolute atomic E-state index is 16.6. The number of nitrogens with one attached hydrogen (secondary N) is 2. The van der Waals surface area contributed by atoms with Gasteiger partial charge in [0.05, 0.1) is 12.1 Å². The first-order valence-electron chi connectivity index (χ1n) is 13.7. The molecule has 4 aromatic rings. The Morgan fingerprint density at radius 1 is 0.952 bits per heavy atom. The molecule has 7 nitrogen and oxygen atoms in total. The van der Waals surface area contributed by atoms with Crippen LogP contribution in [0.25, 0.3) is 22.5 Å². The van der Waals surface area contributed by atoms with Crippen LogP contribution in [-0.2, 0) is 11.2 Å². The number of H-pyrrole nitrogens is 1. The minimum atomic E-state index is -4.33. The van der Waals surface area contributed by atoms with E-state index in [9.17, 15) is 18.0 Å². The lowest BCUT2D eigenvalue weighted by molar-refractivity contribution is -0.142. The third-order valence-electron chi connectivity index (χ3n) is 6.71. The van der Waals surface area contributed by atoms with Crippen LogP contribution in [0.5, 0.6) is 0 Å². The van der Waals surface area contributed by atoms with Gasteiger partial charge in [-0.3, -0.25) is 4.79 Å². The lowest BCUT2D eigenvalue weighted by Crippen LogP contribution is -2.34. The number of alkyl halides is 3. The molecule has 0 aliphatic carbocycles. The predicted molar refractivity (Wildman–Crippen MR) is 155 cm³/mol. The van der Waals surface area contributed by atoms with Crippen LogP contribution >= 0.6 is 0 Å². The number of anilines is 2. The van der Waals surface area contributed by atoms with Crippen molar-refractivity contribution in [3.05, 3.63) is 77.6 Å². The van der Waals surface area contributed by atoms with Crippen LogP contribution in [0.4, 0.5) is 28.9 Å². The molecule has 42 heavy (non-hydrogen) atoms. The molecule has 11 heteroatoms. The minimum Gasteiger partial charge on any atom is -0.369 e. The number of carbonyl (C=O) groups is 1. The molecule has 1 atom stereocenters. The lowest BCUT2D eigenvalue weighted by Gasteiger charge is -2.32. The Morgan fingerprint density at radius 3 is 2.26 bits per heavy atom. The summed E-state index contributed by atoms with van der Waals surface area (Å²) in [5.74, 6) is -1.60. The minimum absolute atomic E-state index is 0.00249. The van der Waals surface area contributed by atoms with Crippen molar-refractivity contribution in [1.29, 1.82) is 0 Å². The number of hydrogen-bond acceptors (Lipinski definition) is 5. The van der Waals surface area contributed by atoms with Gasteiger partial charge in [0.1, 0.15) is 5.69 Å². The summed E-state index contributed by atoms with van der Waals surface area (Å²) < 4.78 is 56.2. The van der Waals surface area contributed by atoms with E-state index >= 15 is 4.39 Å². The van der Waals surface area contributed by atoms with E-state index in [0.29, 0.717) is 23.4 Å². The first-order chi connectivity index (χ1) is 19.9. The van der Waals surface area contributed by atoms with E-state index in [0.717, 1.165) is 11.1 Å². The van der Waals surface area contributed by atoms with Crippen LogP contribution in [0.1, 0.15) is 38.3 Å². The van der Waals surface area contributed by atoms with Gasteiger partial charge in [0.15, 0.2) is 5.82 Å². The Kier molecular flexibility index (Phi) is 9.59. The third-order valence-corrected chi connectivity index (χ3v) is 6.71. The maximum atomic E-state index is 16.6. The number of tetrazole rings is 1. The molecule has 1 heterocycles. The summed E-state index contributed by atoms with van der Waals surface area (Å²) in [5.41, 5.74) is 3.18. The van der Waals surface area contributed by atoms with Crippen molar-refractivity contribution in [2.75, 3.05) is 23.3 Å². The van der Waals surface area contributed by atoms with E-state index in [1.807, 2.05) is 45.0 Å². The second kappa shape index (κ2) is 13.1. The molecule has 0 aliphatic rings. The summed E-state index contributed by atoms with van der Waals surface area (Å²) in [5, 5.41) is 16.8. The highest BCUT2D eigenvalue weighted by atomic mass is 19.4. The molecule has 2 N–H and O–H groups in total. The Balaban J connectivity index is 1.79. The van der Waals surface area contributed by atoms with Crippen molar-refractivity contribution in [3.8, 4) is 22.5 Å². The molecule has 0 saturated heterocycles. The van der Waals surface area contributed by atoms with Gasteiger partial charge in [-0.05, 0) is 47.2 Å². The van der Waals surface area contributed by atoms with Gasteiger partial charge in [-0.15, -0.1) is 10.2 Å². The molecule has 4 rings (SSSR count). The predicted octanol–water partition coefficient (Wildman–Crippen LogP) is 7.21. The number of halogens is 4. The van der Waals surface area contributed by atoms with Gasteiger partial charge in [-0.25, -0.2) is 4.39 Å². The molecule has 0 bridgehead atoms. The van der Waals surface area contributed by atoms with Crippen molar-refractivity contribution in [2.24, 2.45) is 11.8 Å². The van der Waals surface area contributed by atoms with Crippen molar-refractivity contribution < 1.29 is 22.4 Å². The molecule has 0 fully saturated rings. The van der Waals surface area contributed by atoms with Gasteiger partial charge in [0, 0.05) is 30.6 Å². The van der Waals surface area contributed by atoms with Gasteiger partial charge in [-0.1, -0.05) is 74.9 Å². The van der Waals surface area contributed by atoms with E-state index in [1.165, 1.54) is 6.92 Å². The lowest BCUT2D eigenvalue weighted by atomic mass is 9.96. The van der Waals surface area contributed by atoms with Crippen molar-refractivity contribution in [1.82, 2.24) is 20.6 Å². The van der Waals surface area contributed by atoms with E-state index < -0.39 is 30.2 Å². The first kappa shape index (κ1) is 30.7. The molecule has 1 unspecified atom stereocenters. The SMILES string of the molecule is Cc1ccc(CC(=O)Nc2c(N(CC(C)C)CC(C)CC(F)(F)F)ccc(-c3ccccc3-c3nn[nH]n3)c2F)cc1. The Labute approximate surface area is 242 Å². The molecule has 1 amide bonds. The average Bonchev–Trinajstić information content (AvgIpc) is 3.44. The zero-order chi connectivity index (χ0) is 30.4. The van der Waals surface area contributed by atoms with E-state index in [4.69, 9.17) is 0 Å². The molecular weight excluding hydrogens is 548 g/mol. The number of hydrogen-bond donors (Lipinski definition) is 2. The molecule has 3 aromatic carbocycles. The van der Waals surface area contributed by atoms with Crippen LogP contribution < -0.4 is 10.2 Å². The van der Waals surface area contributed by atoms with Crippen molar-refractivity contribution in [2.45, 2.75) is 46.7 Å². The number of amides is 1. The second-order valence-corrected chi connectivity index (χ2v) is 11.0. The summed E-state index contributed by atoms with van der Waals surface area (Å²) in [7, 11) is 0. The third kappa shape index (κ3) is 7.92. The average molecular weight is 583 g/mol. The van der Waals surface area contributed by atoms with Crippen LogP contribution in [0, 0.1) is 24.6 Å². The highest BCUT2D eigenvalue weighted by Gasteiger charge is 2.32. The largest absolute Gasteiger partial charge is 0.389 e. The molecule has 1 aromatic heterocycles. The summed E-state index contributed by atoms with van der Waals surface area (Å²) in [6, 6.07) is 17.6. The number of aryl methyl sites for hydroxylation is 1. The summed E-state index contributed by atoms with van der Waals surface area (Å²) >= 11 is 0. The Bertz CT molecular complexity index is 1490. The molecule has 0 radical (unpaired) electrons. The van der Waals surface area contributed by atoms with Crippen LogP contribution in [0.3, 0.4) is 0 Å². The number of aromatic amines is 1. The zero-order valence-corrected chi connectivity index (χ0v) is 24.0. The molecule has 0 saturated carbocycles. The Hall–Kier alpha value is -4.28. The molecular formula is C31H34F4N6O. The van der Waals surface area contributed by atoms with Crippen LogP contribution in [0.15, 0.2) is 60.7 Å². The summed E-state index contributed by atoms with van der Waals surface area (Å²) in [6.07, 6.45) is -5.31. The smallest absolute Gasteiger partial charge is 0.369 e. The highest BCUT2D eigenvalue weighted by molar-refractivity contribution is 5.97. The number of nitrogens with zero attached hydrogens (tertiary/aromatic N) is 4. The maximum Gasteiger partial charge on any atom is 0.389 e. The van der Waals surface area contributed by atoms with Crippen molar-refractivity contribution in [3.63, 3.8) is 0 Å². The van der Waals surface area contributed by atoms with E-state index in [2.05, 4.69) is 25.9 Å². The zero-order valence-electron chi connectivity index (χ0n) is 24.0. The fourth-order valence-corrected chi connectivity index (χ4v) is 4.97. The standard InChI is InChI=1S/C31H34F4N6O/c1-19(2)17-41(18-21(4)16-31(33,34)35)26-14-13-24(23-7-5-6-8-25(23)30-37-39-40-38-30)28(32)29(26)36-27(42)15-22-11-9-20(3)10-12-22/h5-14,19,21H,15-18H2,1-4H3,(H,36,42)(H,37,38,39,40). The van der Waals surface area contributed by atoms with E-state index in [-0.39, 0.29) is 36.0 Å². The number of carbonyl (C=O) groups excluding carboxylic acids is 1. The van der Waals surface area contributed by atoms with Gasteiger partial charge in [-0.2, -0.15) is 18.4 Å². The topological polar surface area (TPSA) is 86.8 Å². The van der Waals surface area contributed by atoms with Gasteiger partial charge in [0.2, 0.25) is 11.7 Å². The quantitative estimate of drug-likeness (QED) is 0.183. The number of benzene rings is 3. The monoisotopic (exact) mass is 582 g/mol. The Morgan fingerprint density at radius 2 is 1.64 bits per heavy atom. The van der Waals surface area contributed by atoms with Crippen molar-refractivity contribution >= 4 is 17.3 Å². The molecule has 0 spiro atoms. The van der Waals surface area contributed by atoms with Crippen LogP contribution in [0.2, 0.25) is 0 Å². The van der Waals surface area contributed by atoms with Gasteiger partial charge in [0.25, 0.3) is 0 Å². The highest BCUT2D eigenvalue weighted by Crippen LogP contribution is 2.40.